The number of hydrogen-bond donors (Lipinski definition) is 0. The van der Waals surface area contributed by atoms with Crippen molar-refractivity contribution in [2.45, 2.75) is 40.4 Å². The van der Waals surface area contributed by atoms with E-state index in [1.807, 2.05) is 43.3 Å². The second-order valence-electron chi connectivity index (χ2n) is 9.45. The van der Waals surface area contributed by atoms with Crippen molar-refractivity contribution in [1.29, 1.82) is 0 Å². The summed E-state index contributed by atoms with van der Waals surface area (Å²) in [5, 5.41) is 0. The number of hydrogen-bond acceptors (Lipinski definition) is 6. The van der Waals surface area contributed by atoms with Gasteiger partial charge in [0.05, 0.1) is 31.8 Å². The fraction of sp³-hybridized carbons (Fsp3) is 0.300. The van der Waals surface area contributed by atoms with Crippen LogP contribution in [0.25, 0.3) is 11.0 Å². The number of rotatable bonds is 9. The average Bonchev–Trinajstić information content (AvgIpc) is 3.25. The Labute approximate surface area is 223 Å². The standard InChI is InChI=1S/C30H34N4O4/c1-20-15-29-28(16-25(34(29)22(3)36)19-32(4)21(2)35)31-30(20)33(17-23-7-11-26(37-5)12-8-23)18-24-9-13-27(38-6)14-10-24/h7-16H,17-19H2,1-6H3. The zero-order chi connectivity index (χ0) is 27.4. The Morgan fingerprint density at radius 3 is 1.82 bits per heavy atom. The van der Waals surface area contributed by atoms with Crippen molar-refractivity contribution in [3.05, 3.63) is 83.0 Å². The zero-order valence-electron chi connectivity index (χ0n) is 22.8. The van der Waals surface area contributed by atoms with Crippen LogP contribution < -0.4 is 14.4 Å². The summed E-state index contributed by atoms with van der Waals surface area (Å²) in [7, 11) is 5.03. The first-order valence-corrected chi connectivity index (χ1v) is 12.5. The van der Waals surface area contributed by atoms with E-state index in [9.17, 15) is 9.59 Å². The SMILES string of the molecule is COc1ccc(CN(Cc2ccc(OC)cc2)c2nc3cc(CN(C)C(C)=O)n(C(C)=O)c3cc2C)cc1. The number of fused-ring (bicyclic) bond motifs is 1. The fourth-order valence-corrected chi connectivity index (χ4v) is 4.54. The Kier molecular flexibility index (Phi) is 8.00. The Bertz CT molecular complexity index is 1390. The number of carbonyl (C=O) groups excluding carboxylic acids is 2. The van der Waals surface area contributed by atoms with E-state index in [1.54, 1.807) is 30.7 Å². The van der Waals surface area contributed by atoms with Gasteiger partial charge in [-0.05, 0) is 60.0 Å². The van der Waals surface area contributed by atoms with Gasteiger partial charge >= 0.3 is 0 Å². The number of pyridine rings is 1. The molecular weight excluding hydrogens is 480 g/mol. The lowest BCUT2D eigenvalue weighted by Gasteiger charge is -2.26. The number of benzene rings is 2. The summed E-state index contributed by atoms with van der Waals surface area (Å²) in [6, 6.07) is 19.9. The van der Waals surface area contributed by atoms with E-state index in [0.29, 0.717) is 25.2 Å². The first-order valence-electron chi connectivity index (χ1n) is 12.5. The van der Waals surface area contributed by atoms with Crippen molar-refractivity contribution in [1.82, 2.24) is 14.5 Å². The van der Waals surface area contributed by atoms with Gasteiger partial charge in [0.25, 0.3) is 0 Å². The molecule has 0 N–H and O–H groups in total. The molecule has 4 rings (SSSR count). The molecule has 0 atom stereocenters. The summed E-state index contributed by atoms with van der Waals surface area (Å²) < 4.78 is 12.3. The van der Waals surface area contributed by atoms with Crippen LogP contribution in [0.5, 0.6) is 11.5 Å². The van der Waals surface area contributed by atoms with Gasteiger partial charge in [0.15, 0.2) is 0 Å². The Morgan fingerprint density at radius 1 is 0.842 bits per heavy atom. The molecule has 38 heavy (non-hydrogen) atoms. The highest BCUT2D eigenvalue weighted by Gasteiger charge is 2.20. The molecule has 4 aromatic rings. The molecule has 0 fully saturated rings. The van der Waals surface area contributed by atoms with Crippen molar-refractivity contribution in [2.24, 2.45) is 0 Å². The van der Waals surface area contributed by atoms with E-state index < -0.39 is 0 Å². The molecule has 2 aromatic carbocycles. The zero-order valence-corrected chi connectivity index (χ0v) is 22.8. The van der Waals surface area contributed by atoms with E-state index >= 15 is 0 Å². The van der Waals surface area contributed by atoms with Gasteiger partial charge in [-0.3, -0.25) is 14.2 Å². The van der Waals surface area contributed by atoms with Crippen LogP contribution >= 0.6 is 0 Å². The summed E-state index contributed by atoms with van der Waals surface area (Å²) in [4.78, 5) is 33.3. The number of amides is 1. The van der Waals surface area contributed by atoms with Gasteiger partial charge < -0.3 is 19.3 Å². The maximum absolute atomic E-state index is 12.6. The monoisotopic (exact) mass is 514 g/mol. The third-order valence-corrected chi connectivity index (χ3v) is 6.64. The normalized spacial score (nSPS) is 10.9. The third kappa shape index (κ3) is 5.80. The van der Waals surface area contributed by atoms with Gasteiger partial charge in [-0.25, -0.2) is 4.98 Å². The lowest BCUT2D eigenvalue weighted by molar-refractivity contribution is -0.128. The predicted octanol–water partition coefficient (Wildman–Crippen LogP) is 5.21. The molecule has 1 amide bonds. The van der Waals surface area contributed by atoms with E-state index in [2.05, 4.69) is 29.2 Å². The molecule has 0 bridgehead atoms. The van der Waals surface area contributed by atoms with Crippen molar-refractivity contribution < 1.29 is 19.1 Å². The number of anilines is 1. The third-order valence-electron chi connectivity index (χ3n) is 6.64. The van der Waals surface area contributed by atoms with Crippen LogP contribution in [0.3, 0.4) is 0 Å². The van der Waals surface area contributed by atoms with Gasteiger partial charge in [-0.1, -0.05) is 24.3 Å². The van der Waals surface area contributed by atoms with Gasteiger partial charge in [0, 0.05) is 39.7 Å². The molecule has 0 aliphatic heterocycles. The predicted molar refractivity (Wildman–Crippen MR) is 149 cm³/mol. The molecule has 8 heteroatoms. The minimum Gasteiger partial charge on any atom is -0.497 e. The lowest BCUT2D eigenvalue weighted by atomic mass is 10.1. The van der Waals surface area contributed by atoms with E-state index in [0.717, 1.165) is 45.2 Å². The van der Waals surface area contributed by atoms with Crippen molar-refractivity contribution in [2.75, 3.05) is 26.2 Å². The quantitative estimate of drug-likeness (QED) is 0.305. The fourth-order valence-electron chi connectivity index (χ4n) is 4.54. The molecule has 0 saturated heterocycles. The van der Waals surface area contributed by atoms with Crippen LogP contribution in [0.4, 0.5) is 5.82 Å². The summed E-state index contributed by atoms with van der Waals surface area (Å²) >= 11 is 0. The Morgan fingerprint density at radius 2 is 1.37 bits per heavy atom. The van der Waals surface area contributed by atoms with Crippen LogP contribution in [0.1, 0.15) is 41.0 Å². The first-order chi connectivity index (χ1) is 18.2. The Balaban J connectivity index is 1.78. The average molecular weight is 515 g/mol. The molecule has 0 spiro atoms. The molecule has 198 valence electrons. The molecule has 0 radical (unpaired) electrons. The van der Waals surface area contributed by atoms with Gasteiger partial charge in [-0.2, -0.15) is 0 Å². The molecule has 0 aliphatic rings. The summed E-state index contributed by atoms with van der Waals surface area (Å²) in [5.74, 6) is 2.26. The molecule has 8 nitrogen and oxygen atoms in total. The highest BCUT2D eigenvalue weighted by atomic mass is 16.5. The van der Waals surface area contributed by atoms with Gasteiger partial charge in [0.1, 0.15) is 17.3 Å². The molecule has 0 saturated carbocycles. The maximum atomic E-state index is 12.6. The van der Waals surface area contributed by atoms with Crippen LogP contribution in [0.15, 0.2) is 60.7 Å². The van der Waals surface area contributed by atoms with Gasteiger partial charge in [0.2, 0.25) is 11.8 Å². The van der Waals surface area contributed by atoms with Crippen molar-refractivity contribution in [3.63, 3.8) is 0 Å². The second-order valence-corrected chi connectivity index (χ2v) is 9.45. The lowest BCUT2D eigenvalue weighted by Crippen LogP contribution is -2.25. The highest BCUT2D eigenvalue weighted by molar-refractivity contribution is 5.92. The number of ether oxygens (including phenoxy) is 2. The molecular formula is C30H34N4O4. The van der Waals surface area contributed by atoms with Crippen LogP contribution in [-0.4, -0.2) is 47.5 Å². The number of nitrogens with zero attached hydrogens (tertiary/aromatic N) is 4. The van der Waals surface area contributed by atoms with Crippen LogP contribution in [0, 0.1) is 6.92 Å². The minimum absolute atomic E-state index is 0.0691. The van der Waals surface area contributed by atoms with Crippen molar-refractivity contribution >= 4 is 28.7 Å². The number of carbonyl (C=O) groups is 2. The maximum Gasteiger partial charge on any atom is 0.228 e. The second kappa shape index (κ2) is 11.4. The number of aryl methyl sites for hydroxylation is 1. The molecule has 0 aliphatic carbocycles. The smallest absolute Gasteiger partial charge is 0.228 e. The summed E-state index contributed by atoms with van der Waals surface area (Å²) in [6.45, 7) is 6.62. The summed E-state index contributed by atoms with van der Waals surface area (Å²) in [6.07, 6.45) is 0. The van der Waals surface area contributed by atoms with E-state index in [4.69, 9.17) is 14.5 Å². The van der Waals surface area contributed by atoms with Crippen molar-refractivity contribution in [3.8, 4) is 11.5 Å². The largest absolute Gasteiger partial charge is 0.497 e. The van der Waals surface area contributed by atoms with Crippen LogP contribution in [0.2, 0.25) is 0 Å². The first kappa shape index (κ1) is 26.7. The molecule has 0 unspecified atom stereocenters. The van der Waals surface area contributed by atoms with E-state index in [1.165, 1.54) is 13.8 Å². The summed E-state index contributed by atoms with van der Waals surface area (Å²) in [5.41, 5.74) is 5.36. The number of methoxy groups -OCH3 is 2. The Hall–Kier alpha value is -4.33. The van der Waals surface area contributed by atoms with E-state index in [-0.39, 0.29) is 11.8 Å². The highest BCUT2D eigenvalue weighted by Crippen LogP contribution is 2.29. The minimum atomic E-state index is -0.116. The number of aromatic nitrogens is 2. The molecule has 2 heterocycles. The van der Waals surface area contributed by atoms with Crippen LogP contribution in [-0.2, 0) is 24.4 Å². The topological polar surface area (TPSA) is 76.9 Å². The molecule has 2 aromatic heterocycles. The van der Waals surface area contributed by atoms with Gasteiger partial charge in [-0.15, -0.1) is 0 Å².